The minimum Gasteiger partial charge on any atom is -0.507 e. The monoisotopic (exact) mass is 590 g/mol. The van der Waals surface area contributed by atoms with Gasteiger partial charge in [-0.25, -0.2) is 13.6 Å². The molecule has 1 N–H and O–H groups in total. The molecule has 0 saturated carbocycles. The van der Waals surface area contributed by atoms with Crippen molar-refractivity contribution in [2.24, 2.45) is 0 Å². The first kappa shape index (κ1) is 30.0. The topological polar surface area (TPSA) is 87.9 Å². The van der Waals surface area contributed by atoms with Crippen LogP contribution >= 0.6 is 0 Å². The van der Waals surface area contributed by atoms with E-state index in [2.05, 4.69) is 4.98 Å². The Bertz CT molecular complexity index is 1750. The summed E-state index contributed by atoms with van der Waals surface area (Å²) in [6, 6.07) is 9.75. The zero-order valence-corrected chi connectivity index (χ0v) is 25.2. The fourth-order valence-corrected chi connectivity index (χ4v) is 5.53. The Labute approximate surface area is 249 Å². The Morgan fingerprint density at radius 1 is 1.02 bits per heavy atom. The number of carbonyl (C=O) groups excluding carboxylic acids is 1. The molecule has 4 aromatic rings. The first-order chi connectivity index (χ1) is 20.3. The summed E-state index contributed by atoms with van der Waals surface area (Å²) in [6.45, 7) is 12.7. The van der Waals surface area contributed by atoms with Crippen molar-refractivity contribution in [2.45, 2.75) is 53.1 Å². The van der Waals surface area contributed by atoms with Crippen LogP contribution in [0.25, 0.3) is 27.7 Å². The van der Waals surface area contributed by atoms with Crippen LogP contribution in [0, 0.1) is 18.6 Å². The molecule has 1 aliphatic rings. The maximum absolute atomic E-state index is 15.9. The normalized spacial score (nSPS) is 14.1. The molecule has 2 aromatic carbocycles. The van der Waals surface area contributed by atoms with Gasteiger partial charge in [-0.2, -0.15) is 0 Å². The first-order valence-electron chi connectivity index (χ1n) is 14.3. The summed E-state index contributed by atoms with van der Waals surface area (Å²) >= 11 is 0. The highest BCUT2D eigenvalue weighted by atomic mass is 19.1. The van der Waals surface area contributed by atoms with Crippen molar-refractivity contribution in [1.29, 1.82) is 0 Å². The number of rotatable bonds is 4. The molecule has 0 bridgehead atoms. The van der Waals surface area contributed by atoms with E-state index < -0.39 is 29.1 Å². The van der Waals surface area contributed by atoms with Crippen LogP contribution < -0.4 is 10.5 Å². The molecule has 2 aromatic heterocycles. The predicted octanol–water partition coefficient (Wildman–Crippen LogP) is 6.53. The second-order valence-electron chi connectivity index (χ2n) is 12.2. The molecule has 1 saturated heterocycles. The third kappa shape index (κ3) is 5.78. The number of anilines is 1. The highest BCUT2D eigenvalue weighted by molar-refractivity contribution is 5.96. The van der Waals surface area contributed by atoms with E-state index in [9.17, 15) is 19.1 Å². The van der Waals surface area contributed by atoms with Crippen molar-refractivity contribution in [2.75, 3.05) is 31.1 Å². The second kappa shape index (κ2) is 11.3. The number of aromatic nitrogens is 2. The fourth-order valence-electron chi connectivity index (χ4n) is 5.53. The van der Waals surface area contributed by atoms with E-state index in [0.29, 0.717) is 54.2 Å². The number of amides is 1. The number of carbonyl (C=O) groups is 1. The molecular formula is C33H36F2N4O4. The smallest absolute Gasteiger partial charge is 0.410 e. The van der Waals surface area contributed by atoms with Crippen LogP contribution in [-0.2, 0) is 4.74 Å². The van der Waals surface area contributed by atoms with Crippen LogP contribution in [-0.4, -0.2) is 57.4 Å². The van der Waals surface area contributed by atoms with Crippen molar-refractivity contribution >= 4 is 22.7 Å². The Morgan fingerprint density at radius 3 is 2.35 bits per heavy atom. The van der Waals surface area contributed by atoms with Gasteiger partial charge in [0.15, 0.2) is 0 Å². The van der Waals surface area contributed by atoms with E-state index in [-0.39, 0.29) is 22.6 Å². The molecule has 1 aliphatic heterocycles. The number of nitrogens with zero attached hydrogens (tertiary/aromatic N) is 4. The molecule has 0 radical (unpaired) electrons. The number of hydrogen-bond donors (Lipinski definition) is 1. The summed E-state index contributed by atoms with van der Waals surface area (Å²) in [5.41, 5.74) is 1.43. The Hall–Kier alpha value is -4.47. The van der Waals surface area contributed by atoms with Gasteiger partial charge in [0.05, 0.1) is 28.1 Å². The average Bonchev–Trinajstić information content (AvgIpc) is 2.92. The van der Waals surface area contributed by atoms with E-state index in [1.165, 1.54) is 34.9 Å². The number of ether oxygens (including phenoxy) is 1. The average molecular weight is 591 g/mol. The summed E-state index contributed by atoms with van der Waals surface area (Å²) in [6.07, 6.45) is 1.27. The van der Waals surface area contributed by atoms with Crippen LogP contribution in [0.5, 0.6) is 5.75 Å². The lowest BCUT2D eigenvalue weighted by molar-refractivity contribution is 0.0240. The molecule has 0 spiro atoms. The largest absolute Gasteiger partial charge is 0.507 e. The summed E-state index contributed by atoms with van der Waals surface area (Å²) in [5, 5.41) is 10.9. The molecule has 8 nitrogen and oxygen atoms in total. The predicted molar refractivity (Wildman–Crippen MR) is 163 cm³/mol. The number of phenolic OH excluding ortho intramolecular Hbond substituents is 1. The summed E-state index contributed by atoms with van der Waals surface area (Å²) in [5.74, 6) is -1.99. The molecule has 0 aliphatic carbocycles. The van der Waals surface area contributed by atoms with Gasteiger partial charge in [-0.3, -0.25) is 14.3 Å². The fraction of sp³-hybridized carbons (Fsp3) is 0.364. The lowest BCUT2D eigenvalue weighted by Gasteiger charge is -2.37. The third-order valence-corrected chi connectivity index (χ3v) is 7.54. The maximum Gasteiger partial charge on any atom is 0.410 e. The quantitative estimate of drug-likeness (QED) is 0.291. The SMILES string of the molecule is Cc1ccnc(C(C)C)c1-n1c(=O)cc(N2CCN(C(=O)OC(C)(C)C)CC2)c2cc(F)c(-c3c(O)cccc3F)cc21. The van der Waals surface area contributed by atoms with Gasteiger partial charge in [0.2, 0.25) is 0 Å². The van der Waals surface area contributed by atoms with E-state index in [1.54, 1.807) is 37.9 Å². The number of benzene rings is 2. The number of aromatic hydroxyl groups is 1. The zero-order chi connectivity index (χ0) is 31.2. The van der Waals surface area contributed by atoms with Crippen LogP contribution in [0.15, 0.2) is 53.5 Å². The van der Waals surface area contributed by atoms with Gasteiger partial charge in [-0.05, 0) is 69.5 Å². The Balaban J connectivity index is 1.71. The Morgan fingerprint density at radius 2 is 1.72 bits per heavy atom. The van der Waals surface area contributed by atoms with Gasteiger partial charge < -0.3 is 19.6 Å². The molecule has 226 valence electrons. The van der Waals surface area contributed by atoms with Gasteiger partial charge >= 0.3 is 6.09 Å². The van der Waals surface area contributed by atoms with E-state index >= 15 is 4.39 Å². The Kier molecular flexibility index (Phi) is 7.89. The van der Waals surface area contributed by atoms with Gasteiger partial charge in [-0.15, -0.1) is 0 Å². The number of fused-ring (bicyclic) bond motifs is 1. The molecule has 5 rings (SSSR count). The van der Waals surface area contributed by atoms with E-state index in [1.807, 2.05) is 25.7 Å². The lowest BCUT2D eigenvalue weighted by Crippen LogP contribution is -2.50. The molecule has 0 unspecified atom stereocenters. The molecule has 43 heavy (non-hydrogen) atoms. The van der Waals surface area contributed by atoms with Gasteiger partial charge in [-0.1, -0.05) is 19.9 Å². The van der Waals surface area contributed by atoms with Crippen molar-refractivity contribution in [1.82, 2.24) is 14.5 Å². The molecule has 0 atom stereocenters. The number of piperazine rings is 1. The van der Waals surface area contributed by atoms with E-state index in [4.69, 9.17) is 4.74 Å². The third-order valence-electron chi connectivity index (χ3n) is 7.54. The number of aryl methyl sites for hydroxylation is 1. The lowest BCUT2D eigenvalue weighted by atomic mass is 9.99. The zero-order valence-electron chi connectivity index (χ0n) is 25.2. The van der Waals surface area contributed by atoms with Crippen molar-refractivity contribution in [3.8, 4) is 22.6 Å². The molecule has 1 fully saturated rings. The molecule has 3 heterocycles. The minimum atomic E-state index is -0.790. The number of phenols is 1. The van der Waals surface area contributed by atoms with Crippen LogP contribution in [0.4, 0.5) is 19.3 Å². The second-order valence-corrected chi connectivity index (χ2v) is 12.2. The van der Waals surface area contributed by atoms with Crippen LogP contribution in [0.3, 0.4) is 0 Å². The van der Waals surface area contributed by atoms with E-state index in [0.717, 1.165) is 11.6 Å². The highest BCUT2D eigenvalue weighted by Crippen LogP contribution is 2.39. The van der Waals surface area contributed by atoms with Gasteiger partial charge in [0, 0.05) is 49.4 Å². The molecule has 1 amide bonds. The van der Waals surface area contributed by atoms with Crippen LogP contribution in [0.1, 0.15) is 51.8 Å². The number of halogens is 2. The summed E-state index contributed by atoms with van der Waals surface area (Å²) in [7, 11) is 0. The van der Waals surface area contributed by atoms with Gasteiger partial charge in [0.25, 0.3) is 5.56 Å². The first-order valence-corrected chi connectivity index (χ1v) is 14.3. The molecule has 10 heteroatoms. The van der Waals surface area contributed by atoms with Crippen molar-refractivity contribution < 1.29 is 23.4 Å². The molecular weight excluding hydrogens is 554 g/mol. The standard InChI is InChI=1S/C33H36F2N4O4/c1-19(2)30-31(20(3)10-11-36-30)39-26-17-21(29-23(34)8-7-9-27(29)40)24(35)16-22(26)25(18-28(39)41)37-12-14-38(15-13-37)32(42)43-33(4,5)6/h7-11,16-19,40H,12-15H2,1-6H3. The number of hydrogen-bond acceptors (Lipinski definition) is 6. The summed E-state index contributed by atoms with van der Waals surface area (Å²) in [4.78, 5) is 34.8. The maximum atomic E-state index is 15.9. The van der Waals surface area contributed by atoms with Crippen LogP contribution in [0.2, 0.25) is 0 Å². The van der Waals surface area contributed by atoms with Gasteiger partial charge in [0.1, 0.15) is 23.0 Å². The highest BCUT2D eigenvalue weighted by Gasteiger charge is 2.28. The van der Waals surface area contributed by atoms with Crippen molar-refractivity contribution in [3.63, 3.8) is 0 Å². The number of pyridine rings is 2. The van der Waals surface area contributed by atoms with Crippen molar-refractivity contribution in [3.05, 3.63) is 81.9 Å². The minimum absolute atomic E-state index is 0.0343. The summed E-state index contributed by atoms with van der Waals surface area (Å²) < 4.78 is 37.9.